The van der Waals surface area contributed by atoms with Gasteiger partial charge < -0.3 is 20.7 Å². The lowest BCUT2D eigenvalue weighted by molar-refractivity contribution is 0.0520. The van der Waals surface area contributed by atoms with E-state index >= 15 is 0 Å². The van der Waals surface area contributed by atoms with E-state index in [0.29, 0.717) is 18.6 Å². The Morgan fingerprint density at radius 3 is 2.56 bits per heavy atom. The van der Waals surface area contributed by atoms with Gasteiger partial charge in [-0.15, -0.1) is 0 Å². The molecule has 0 bridgehead atoms. The van der Waals surface area contributed by atoms with Crippen LogP contribution in [0, 0.1) is 0 Å². The predicted octanol–water partition coefficient (Wildman–Crippen LogP) is 1.24. The zero-order valence-corrected chi connectivity index (χ0v) is 12.0. The van der Waals surface area contributed by atoms with E-state index in [0.717, 1.165) is 25.9 Å². The molecule has 1 saturated heterocycles. The number of alkyl carbamates (subject to hydrolysis) is 1. The lowest BCUT2D eigenvalue weighted by atomic mass is 10.1. The molecule has 1 unspecified atom stereocenters. The number of hydrogen-bond acceptors (Lipinski definition) is 4. The van der Waals surface area contributed by atoms with Crippen LogP contribution in [0.4, 0.5) is 4.79 Å². The number of nitrogens with one attached hydrogen (secondary N) is 3. The third-order valence-corrected chi connectivity index (χ3v) is 2.78. The molecule has 5 heteroatoms. The van der Waals surface area contributed by atoms with Gasteiger partial charge in [-0.05, 0) is 27.2 Å². The molecule has 0 aromatic heterocycles. The van der Waals surface area contributed by atoms with E-state index in [1.807, 2.05) is 20.8 Å². The second-order valence-corrected chi connectivity index (χ2v) is 5.89. The summed E-state index contributed by atoms with van der Waals surface area (Å²) in [7, 11) is 0. The SMILES string of the molecule is CCCC(CNC(=O)OC(C)(C)C)NC1CNC1. The minimum absolute atomic E-state index is 0.328. The maximum atomic E-state index is 11.6. The quantitative estimate of drug-likeness (QED) is 0.670. The van der Waals surface area contributed by atoms with Crippen molar-refractivity contribution in [3.8, 4) is 0 Å². The van der Waals surface area contributed by atoms with Crippen molar-refractivity contribution in [3.05, 3.63) is 0 Å². The first-order valence-corrected chi connectivity index (χ1v) is 6.84. The normalized spacial score (nSPS) is 18.0. The summed E-state index contributed by atoms with van der Waals surface area (Å²) in [5.41, 5.74) is -0.435. The predicted molar refractivity (Wildman–Crippen MR) is 72.7 cm³/mol. The molecule has 5 nitrogen and oxygen atoms in total. The number of ether oxygens (including phenoxy) is 1. The van der Waals surface area contributed by atoms with Gasteiger partial charge in [-0.3, -0.25) is 0 Å². The van der Waals surface area contributed by atoms with E-state index in [-0.39, 0.29) is 6.09 Å². The number of amides is 1. The van der Waals surface area contributed by atoms with Gasteiger partial charge >= 0.3 is 6.09 Å². The fourth-order valence-corrected chi connectivity index (χ4v) is 1.85. The molecule has 1 heterocycles. The van der Waals surface area contributed by atoms with E-state index in [2.05, 4.69) is 22.9 Å². The molecule has 1 rings (SSSR count). The van der Waals surface area contributed by atoms with Crippen molar-refractivity contribution in [1.29, 1.82) is 0 Å². The van der Waals surface area contributed by atoms with E-state index in [1.54, 1.807) is 0 Å². The average Bonchev–Trinajstić information content (AvgIpc) is 2.17. The van der Waals surface area contributed by atoms with Crippen LogP contribution in [0.2, 0.25) is 0 Å². The third kappa shape index (κ3) is 6.21. The van der Waals surface area contributed by atoms with E-state index in [1.165, 1.54) is 0 Å². The summed E-state index contributed by atoms with van der Waals surface area (Å²) in [6, 6.07) is 0.872. The lowest BCUT2D eigenvalue weighted by Crippen LogP contribution is -2.59. The summed E-state index contributed by atoms with van der Waals surface area (Å²) < 4.78 is 5.22. The first kappa shape index (κ1) is 15.2. The van der Waals surface area contributed by atoms with Gasteiger partial charge in [-0.25, -0.2) is 4.79 Å². The molecule has 0 aromatic carbocycles. The smallest absolute Gasteiger partial charge is 0.407 e. The summed E-state index contributed by atoms with van der Waals surface area (Å²) in [5.74, 6) is 0. The number of carbonyl (C=O) groups excluding carboxylic acids is 1. The maximum absolute atomic E-state index is 11.6. The molecule has 0 aliphatic carbocycles. The van der Waals surface area contributed by atoms with Gasteiger partial charge in [0.1, 0.15) is 5.60 Å². The zero-order chi connectivity index (χ0) is 13.6. The minimum Gasteiger partial charge on any atom is -0.444 e. The van der Waals surface area contributed by atoms with Crippen molar-refractivity contribution in [1.82, 2.24) is 16.0 Å². The summed E-state index contributed by atoms with van der Waals surface area (Å²) in [6.45, 7) is 10.4. The Morgan fingerprint density at radius 2 is 2.11 bits per heavy atom. The molecule has 1 amide bonds. The zero-order valence-electron chi connectivity index (χ0n) is 12.0. The molecule has 0 spiro atoms. The molecule has 106 valence electrons. The van der Waals surface area contributed by atoms with Crippen molar-refractivity contribution in [2.45, 2.75) is 58.2 Å². The third-order valence-electron chi connectivity index (χ3n) is 2.78. The molecule has 18 heavy (non-hydrogen) atoms. The average molecular weight is 257 g/mol. The van der Waals surface area contributed by atoms with Crippen LogP contribution >= 0.6 is 0 Å². The van der Waals surface area contributed by atoms with Gasteiger partial charge in [0.2, 0.25) is 0 Å². The fraction of sp³-hybridized carbons (Fsp3) is 0.923. The first-order chi connectivity index (χ1) is 8.40. The monoisotopic (exact) mass is 257 g/mol. The topological polar surface area (TPSA) is 62.4 Å². The summed E-state index contributed by atoms with van der Waals surface area (Å²) in [5, 5.41) is 9.60. The van der Waals surface area contributed by atoms with E-state index < -0.39 is 5.60 Å². The molecule has 1 aliphatic rings. The Kier molecular flexibility index (Phi) is 5.88. The van der Waals surface area contributed by atoms with Crippen LogP contribution in [0.3, 0.4) is 0 Å². The molecule has 1 fully saturated rings. The number of carbonyl (C=O) groups is 1. The summed E-state index contributed by atoms with van der Waals surface area (Å²) in [4.78, 5) is 11.6. The highest BCUT2D eigenvalue weighted by molar-refractivity contribution is 5.67. The Hall–Kier alpha value is -0.810. The highest BCUT2D eigenvalue weighted by Gasteiger charge is 2.21. The second kappa shape index (κ2) is 6.95. The molecular weight excluding hydrogens is 230 g/mol. The van der Waals surface area contributed by atoms with E-state index in [4.69, 9.17) is 4.74 Å². The van der Waals surface area contributed by atoms with Crippen molar-refractivity contribution in [2.75, 3.05) is 19.6 Å². The lowest BCUT2D eigenvalue weighted by Gasteiger charge is -2.32. The fourth-order valence-electron chi connectivity index (χ4n) is 1.85. The summed E-state index contributed by atoms with van der Waals surface area (Å²) >= 11 is 0. The molecule has 0 radical (unpaired) electrons. The van der Waals surface area contributed by atoms with Gasteiger partial charge in [-0.2, -0.15) is 0 Å². The first-order valence-electron chi connectivity index (χ1n) is 6.84. The van der Waals surface area contributed by atoms with Crippen molar-refractivity contribution < 1.29 is 9.53 Å². The second-order valence-electron chi connectivity index (χ2n) is 5.89. The molecular formula is C13H27N3O2. The molecule has 1 atom stereocenters. The maximum Gasteiger partial charge on any atom is 0.407 e. The van der Waals surface area contributed by atoms with Crippen LogP contribution in [0.5, 0.6) is 0 Å². The van der Waals surface area contributed by atoms with Crippen LogP contribution in [0.25, 0.3) is 0 Å². The van der Waals surface area contributed by atoms with Gasteiger partial charge in [0.05, 0.1) is 0 Å². The van der Waals surface area contributed by atoms with Crippen molar-refractivity contribution in [2.24, 2.45) is 0 Å². The highest BCUT2D eigenvalue weighted by Crippen LogP contribution is 2.07. The molecule has 1 aliphatic heterocycles. The van der Waals surface area contributed by atoms with Crippen LogP contribution in [0.15, 0.2) is 0 Å². The minimum atomic E-state index is -0.435. The number of rotatable bonds is 6. The van der Waals surface area contributed by atoms with Crippen LogP contribution < -0.4 is 16.0 Å². The van der Waals surface area contributed by atoms with Crippen LogP contribution in [-0.2, 0) is 4.74 Å². The van der Waals surface area contributed by atoms with Crippen molar-refractivity contribution in [3.63, 3.8) is 0 Å². The Balaban J connectivity index is 2.25. The van der Waals surface area contributed by atoms with Gasteiger partial charge in [0.25, 0.3) is 0 Å². The Labute approximate surface area is 110 Å². The molecule has 0 aromatic rings. The van der Waals surface area contributed by atoms with Gasteiger partial charge in [0.15, 0.2) is 0 Å². The summed E-state index contributed by atoms with van der Waals surface area (Å²) in [6.07, 6.45) is 1.83. The largest absolute Gasteiger partial charge is 0.444 e. The van der Waals surface area contributed by atoms with Crippen molar-refractivity contribution >= 4 is 6.09 Å². The Morgan fingerprint density at radius 1 is 1.44 bits per heavy atom. The Bertz CT molecular complexity index is 259. The molecule has 0 saturated carbocycles. The van der Waals surface area contributed by atoms with Crippen LogP contribution in [-0.4, -0.2) is 43.4 Å². The highest BCUT2D eigenvalue weighted by atomic mass is 16.6. The standard InChI is InChI=1S/C13H27N3O2/c1-5-6-10(16-11-7-14-8-11)9-15-12(17)18-13(2,3)4/h10-11,14,16H,5-9H2,1-4H3,(H,15,17). The van der Waals surface area contributed by atoms with E-state index in [9.17, 15) is 4.79 Å². The van der Waals surface area contributed by atoms with Gasteiger partial charge in [0, 0.05) is 31.7 Å². The number of hydrogen-bond donors (Lipinski definition) is 3. The van der Waals surface area contributed by atoms with Gasteiger partial charge in [-0.1, -0.05) is 13.3 Å². The molecule has 3 N–H and O–H groups in total. The van der Waals surface area contributed by atoms with Crippen LogP contribution in [0.1, 0.15) is 40.5 Å².